The Kier molecular flexibility index (Phi) is 25.6. The van der Waals surface area contributed by atoms with Gasteiger partial charge in [0.25, 0.3) is 0 Å². The second-order valence-electron chi connectivity index (χ2n) is 8.55. The van der Waals surface area contributed by atoms with E-state index in [0.29, 0.717) is 0 Å². The molecule has 0 aliphatic heterocycles. The van der Waals surface area contributed by atoms with Crippen molar-refractivity contribution in [2.75, 3.05) is 17.3 Å². The van der Waals surface area contributed by atoms with E-state index in [2.05, 4.69) is 41.5 Å². The maximum atomic E-state index is 6.04. The molecule has 0 saturated heterocycles. The molecule has 31 heavy (non-hydrogen) atoms. The fraction of sp³-hybridized carbons (Fsp3) is 1.00. The van der Waals surface area contributed by atoms with Crippen molar-refractivity contribution < 1.29 is 11.9 Å². The molecule has 0 saturated carbocycles. The average molecular weight is 515 g/mol. The molecule has 0 aliphatic rings. The molecular formula is C24H51O3PS3. The molecule has 0 aliphatic carbocycles. The molecule has 0 radical (unpaired) electrons. The molecule has 3 atom stereocenters. The standard InChI is InChI=1S/C24H51O3PS3/c1-7-13-16-22(10-4)19-29-25-28(26-30-20-23(11-5)17-14-8-2)27-31-21-24(12-6)18-15-9-3/h22-24H,7-21H2,1-6H3. The highest BCUT2D eigenvalue weighted by Gasteiger charge is 2.19. The van der Waals surface area contributed by atoms with Gasteiger partial charge >= 0.3 is 8.60 Å². The minimum Gasteiger partial charge on any atom is -0.239 e. The molecule has 3 nitrogen and oxygen atoms in total. The lowest BCUT2D eigenvalue weighted by molar-refractivity contribution is 0.447. The molecule has 3 unspecified atom stereocenters. The fourth-order valence-corrected chi connectivity index (χ4v) is 7.76. The van der Waals surface area contributed by atoms with Crippen LogP contribution in [0.15, 0.2) is 0 Å². The minimum atomic E-state index is -1.32. The van der Waals surface area contributed by atoms with Crippen LogP contribution in [0, 0.1) is 17.8 Å². The summed E-state index contributed by atoms with van der Waals surface area (Å²) in [6, 6.07) is 0. The maximum Gasteiger partial charge on any atom is 0.369 e. The summed E-state index contributed by atoms with van der Waals surface area (Å²) in [5.74, 6) is 5.25. The molecule has 0 aromatic rings. The van der Waals surface area contributed by atoms with Gasteiger partial charge in [0.15, 0.2) is 0 Å². The Morgan fingerprint density at radius 2 is 0.806 bits per heavy atom. The van der Waals surface area contributed by atoms with Gasteiger partial charge in [-0.1, -0.05) is 99.3 Å². The average Bonchev–Trinajstić information content (AvgIpc) is 2.79. The summed E-state index contributed by atoms with van der Waals surface area (Å²) in [5, 5.41) is 0. The summed E-state index contributed by atoms with van der Waals surface area (Å²) >= 11 is 4.66. The van der Waals surface area contributed by atoms with Crippen LogP contribution in [-0.2, 0) is 11.9 Å². The van der Waals surface area contributed by atoms with Crippen molar-refractivity contribution in [1.82, 2.24) is 0 Å². The van der Waals surface area contributed by atoms with E-state index in [1.165, 1.54) is 77.0 Å². The Hall–Kier alpha value is 1.36. The van der Waals surface area contributed by atoms with Crippen LogP contribution in [0.1, 0.15) is 119 Å². The predicted molar refractivity (Wildman–Crippen MR) is 147 cm³/mol. The van der Waals surface area contributed by atoms with E-state index in [1.54, 1.807) is 36.1 Å². The second-order valence-corrected chi connectivity index (χ2v) is 12.5. The highest BCUT2D eigenvalue weighted by molar-refractivity contribution is 8.03. The first kappa shape index (κ1) is 32.4. The summed E-state index contributed by atoms with van der Waals surface area (Å²) in [4.78, 5) is 0. The number of unbranched alkanes of at least 4 members (excludes halogenated alkanes) is 3. The van der Waals surface area contributed by atoms with Crippen molar-refractivity contribution in [2.24, 2.45) is 17.8 Å². The molecule has 7 heteroatoms. The van der Waals surface area contributed by atoms with Crippen molar-refractivity contribution >= 4 is 44.7 Å². The van der Waals surface area contributed by atoms with Crippen molar-refractivity contribution in [2.45, 2.75) is 119 Å². The van der Waals surface area contributed by atoms with E-state index in [0.717, 1.165) is 35.0 Å². The molecule has 0 aromatic carbocycles. The molecule has 0 amide bonds. The second kappa shape index (κ2) is 24.5. The van der Waals surface area contributed by atoms with Gasteiger partial charge in [-0.05, 0) is 37.0 Å². The van der Waals surface area contributed by atoms with Crippen molar-refractivity contribution in [3.63, 3.8) is 0 Å². The van der Waals surface area contributed by atoms with E-state index < -0.39 is 8.60 Å². The van der Waals surface area contributed by atoms with Crippen LogP contribution >= 0.6 is 44.7 Å². The first-order valence-electron chi connectivity index (χ1n) is 12.8. The largest absolute Gasteiger partial charge is 0.369 e. The molecule has 0 heterocycles. The molecule has 0 fully saturated rings. The third-order valence-electron chi connectivity index (χ3n) is 5.88. The van der Waals surface area contributed by atoms with E-state index in [1.807, 2.05) is 0 Å². The van der Waals surface area contributed by atoms with Gasteiger partial charge in [-0.25, -0.2) is 11.9 Å². The lowest BCUT2D eigenvalue weighted by Gasteiger charge is -2.19. The highest BCUT2D eigenvalue weighted by atomic mass is 32.2. The molecule has 0 bridgehead atoms. The van der Waals surface area contributed by atoms with Crippen LogP contribution in [0.25, 0.3) is 0 Å². The summed E-state index contributed by atoms with van der Waals surface area (Å²) in [5.41, 5.74) is 0. The number of hydrogen-bond donors (Lipinski definition) is 0. The lowest BCUT2D eigenvalue weighted by Crippen LogP contribution is -2.04. The van der Waals surface area contributed by atoms with Crippen molar-refractivity contribution in [1.29, 1.82) is 0 Å². The number of rotatable bonds is 24. The summed E-state index contributed by atoms with van der Waals surface area (Å²) in [6.45, 7) is 13.6. The summed E-state index contributed by atoms with van der Waals surface area (Å²) in [6.07, 6.45) is 15.2. The number of hydrogen-bond acceptors (Lipinski definition) is 6. The molecule has 0 spiro atoms. The van der Waals surface area contributed by atoms with Crippen LogP contribution in [0.5, 0.6) is 0 Å². The molecule has 188 valence electrons. The van der Waals surface area contributed by atoms with Gasteiger partial charge in [-0.15, -0.1) is 0 Å². The van der Waals surface area contributed by atoms with E-state index >= 15 is 0 Å². The van der Waals surface area contributed by atoms with Crippen LogP contribution < -0.4 is 0 Å². The molecule has 0 N–H and O–H groups in total. The minimum absolute atomic E-state index is 0.721. The zero-order valence-corrected chi connectivity index (χ0v) is 24.6. The summed E-state index contributed by atoms with van der Waals surface area (Å²) in [7, 11) is -1.32. The van der Waals surface area contributed by atoms with Crippen LogP contribution in [0.2, 0.25) is 0 Å². The SMILES string of the molecule is CCCCC(CC)CSOP(OSCC(CC)CCCC)OSCC(CC)CCCC. The lowest BCUT2D eigenvalue weighted by atomic mass is 10.0. The van der Waals surface area contributed by atoms with Gasteiger partial charge < -0.3 is 0 Å². The summed E-state index contributed by atoms with van der Waals surface area (Å²) < 4.78 is 18.1. The molecule has 0 rings (SSSR count). The molecular weight excluding hydrogens is 463 g/mol. The van der Waals surface area contributed by atoms with Gasteiger partial charge in [-0.3, -0.25) is 0 Å². The Bertz CT molecular complexity index is 315. The predicted octanol–water partition coefficient (Wildman–Crippen LogP) is 10.9. The fourth-order valence-electron chi connectivity index (χ4n) is 3.24. The topological polar surface area (TPSA) is 27.7 Å². The van der Waals surface area contributed by atoms with Crippen molar-refractivity contribution in [3.05, 3.63) is 0 Å². The van der Waals surface area contributed by atoms with Crippen LogP contribution in [0.3, 0.4) is 0 Å². The molecule has 0 aromatic heterocycles. The van der Waals surface area contributed by atoms with Crippen LogP contribution in [0.4, 0.5) is 0 Å². The normalized spacial score (nSPS) is 15.7. The quantitative estimate of drug-likeness (QED) is 0.0939. The van der Waals surface area contributed by atoms with Gasteiger partial charge in [-0.2, -0.15) is 0 Å². The Morgan fingerprint density at radius 1 is 0.516 bits per heavy atom. The van der Waals surface area contributed by atoms with Crippen LogP contribution in [-0.4, -0.2) is 17.3 Å². The zero-order chi connectivity index (χ0) is 23.2. The smallest absolute Gasteiger partial charge is 0.239 e. The zero-order valence-electron chi connectivity index (χ0n) is 21.2. The van der Waals surface area contributed by atoms with Gasteiger partial charge in [0.2, 0.25) is 0 Å². The highest BCUT2D eigenvalue weighted by Crippen LogP contribution is 2.51. The van der Waals surface area contributed by atoms with E-state index in [-0.39, 0.29) is 0 Å². The monoisotopic (exact) mass is 514 g/mol. The first-order valence-corrected chi connectivity index (χ1v) is 16.7. The van der Waals surface area contributed by atoms with Gasteiger partial charge in [0.1, 0.15) is 0 Å². The van der Waals surface area contributed by atoms with E-state index in [9.17, 15) is 0 Å². The Balaban J connectivity index is 4.47. The van der Waals surface area contributed by atoms with Crippen molar-refractivity contribution in [3.8, 4) is 0 Å². The Labute approximate surface area is 209 Å². The van der Waals surface area contributed by atoms with Gasteiger partial charge in [0, 0.05) is 53.4 Å². The maximum absolute atomic E-state index is 6.04. The van der Waals surface area contributed by atoms with Gasteiger partial charge in [0.05, 0.1) is 0 Å². The first-order chi connectivity index (χ1) is 15.1. The third kappa shape index (κ3) is 19.4. The Morgan fingerprint density at radius 3 is 1.03 bits per heavy atom. The third-order valence-corrected chi connectivity index (χ3v) is 10.4. The van der Waals surface area contributed by atoms with E-state index in [4.69, 9.17) is 11.9 Å².